The molecule has 0 aliphatic rings. The monoisotopic (exact) mass is 381 g/mol. The van der Waals surface area contributed by atoms with Crippen LogP contribution < -0.4 is 4.74 Å². The highest BCUT2D eigenvalue weighted by molar-refractivity contribution is 7.90. The maximum Gasteiger partial charge on any atom is 0.229 e. The Balaban J connectivity index is 1.63. The molecule has 0 fully saturated rings. The molecule has 8 heteroatoms. The van der Waals surface area contributed by atoms with Crippen molar-refractivity contribution in [2.75, 3.05) is 7.11 Å². The SMILES string of the molecule is COc1ccc(S(=O)(=O)Cc2cc(-c3nc4ncccc4o3)ccn2)cc1. The Hall–Kier alpha value is -3.26. The molecule has 0 saturated heterocycles. The maximum absolute atomic E-state index is 12.7. The van der Waals surface area contributed by atoms with Gasteiger partial charge in [0.2, 0.25) is 5.89 Å². The van der Waals surface area contributed by atoms with Gasteiger partial charge in [0.05, 0.1) is 23.5 Å². The number of rotatable bonds is 5. The Morgan fingerprint density at radius 1 is 1.04 bits per heavy atom. The number of hydrogen-bond acceptors (Lipinski definition) is 7. The molecule has 0 aliphatic heterocycles. The molecular formula is C19H15N3O4S. The predicted molar refractivity (Wildman–Crippen MR) is 98.9 cm³/mol. The van der Waals surface area contributed by atoms with Crippen LogP contribution in [0.3, 0.4) is 0 Å². The van der Waals surface area contributed by atoms with E-state index in [4.69, 9.17) is 9.15 Å². The van der Waals surface area contributed by atoms with E-state index >= 15 is 0 Å². The number of hydrogen-bond donors (Lipinski definition) is 0. The highest BCUT2D eigenvalue weighted by Crippen LogP contribution is 2.25. The molecule has 1 aromatic carbocycles. The van der Waals surface area contributed by atoms with E-state index in [9.17, 15) is 8.42 Å². The van der Waals surface area contributed by atoms with Crippen LogP contribution in [0, 0.1) is 0 Å². The van der Waals surface area contributed by atoms with Gasteiger partial charge in [-0.3, -0.25) is 4.98 Å². The van der Waals surface area contributed by atoms with E-state index in [2.05, 4.69) is 15.0 Å². The Labute approximate surface area is 155 Å². The largest absolute Gasteiger partial charge is 0.497 e. The quantitative estimate of drug-likeness (QED) is 0.523. The van der Waals surface area contributed by atoms with Crippen LogP contribution in [0.5, 0.6) is 5.75 Å². The molecule has 4 aromatic rings. The normalized spacial score (nSPS) is 11.6. The van der Waals surface area contributed by atoms with Gasteiger partial charge in [-0.2, -0.15) is 4.98 Å². The standard InChI is InChI=1S/C19H15N3O4S/c1-25-15-4-6-16(7-5-15)27(23,24)12-14-11-13(8-10-20-14)19-22-18-17(26-19)3-2-9-21-18/h2-11H,12H2,1H3. The van der Waals surface area contributed by atoms with Crippen LogP contribution in [0.2, 0.25) is 0 Å². The topological polar surface area (TPSA) is 95.2 Å². The number of oxazole rings is 1. The Morgan fingerprint density at radius 3 is 2.59 bits per heavy atom. The van der Waals surface area contributed by atoms with E-state index in [0.717, 1.165) is 0 Å². The Kier molecular flexibility index (Phi) is 4.33. The van der Waals surface area contributed by atoms with Crippen molar-refractivity contribution >= 4 is 21.1 Å². The summed E-state index contributed by atoms with van der Waals surface area (Å²) in [5.41, 5.74) is 2.11. The van der Waals surface area contributed by atoms with Crippen molar-refractivity contribution in [1.29, 1.82) is 0 Å². The number of aromatic nitrogens is 3. The van der Waals surface area contributed by atoms with Crippen molar-refractivity contribution in [2.45, 2.75) is 10.6 Å². The Morgan fingerprint density at radius 2 is 1.85 bits per heavy atom. The van der Waals surface area contributed by atoms with Crippen LogP contribution in [-0.2, 0) is 15.6 Å². The lowest BCUT2D eigenvalue weighted by atomic mass is 10.2. The van der Waals surface area contributed by atoms with E-state index in [-0.39, 0.29) is 10.6 Å². The lowest BCUT2D eigenvalue weighted by Gasteiger charge is -2.06. The molecule has 0 spiro atoms. The van der Waals surface area contributed by atoms with Crippen molar-refractivity contribution in [3.63, 3.8) is 0 Å². The van der Waals surface area contributed by atoms with Gasteiger partial charge >= 0.3 is 0 Å². The molecule has 0 radical (unpaired) electrons. The maximum atomic E-state index is 12.7. The molecule has 4 rings (SSSR count). The summed E-state index contributed by atoms with van der Waals surface area (Å²) in [6, 6.07) is 13.2. The lowest BCUT2D eigenvalue weighted by Crippen LogP contribution is -2.06. The van der Waals surface area contributed by atoms with Crippen LogP contribution in [0.25, 0.3) is 22.7 Å². The van der Waals surface area contributed by atoms with Crippen molar-refractivity contribution in [3.8, 4) is 17.2 Å². The van der Waals surface area contributed by atoms with Crippen molar-refractivity contribution in [3.05, 3.63) is 66.6 Å². The summed E-state index contributed by atoms with van der Waals surface area (Å²) in [4.78, 5) is 12.8. The molecule has 0 saturated carbocycles. The molecule has 0 N–H and O–H groups in total. The molecule has 0 atom stereocenters. The molecule has 27 heavy (non-hydrogen) atoms. The fourth-order valence-corrected chi connectivity index (χ4v) is 3.91. The van der Waals surface area contributed by atoms with Gasteiger partial charge in [-0.1, -0.05) is 0 Å². The molecule has 0 aliphatic carbocycles. The Bertz CT molecular complexity index is 1170. The number of nitrogens with zero attached hydrogens (tertiary/aromatic N) is 3. The van der Waals surface area contributed by atoms with Gasteiger partial charge in [-0.15, -0.1) is 0 Å². The second-order valence-electron chi connectivity index (χ2n) is 5.81. The predicted octanol–water partition coefficient (Wildman–Crippen LogP) is 3.27. The smallest absolute Gasteiger partial charge is 0.229 e. The van der Waals surface area contributed by atoms with Crippen LogP contribution in [0.4, 0.5) is 0 Å². The second-order valence-corrected chi connectivity index (χ2v) is 7.80. The van der Waals surface area contributed by atoms with Gasteiger partial charge in [-0.25, -0.2) is 13.4 Å². The van der Waals surface area contributed by atoms with Crippen LogP contribution >= 0.6 is 0 Å². The average molecular weight is 381 g/mol. The molecular weight excluding hydrogens is 366 g/mol. The van der Waals surface area contributed by atoms with E-state index in [1.54, 1.807) is 42.6 Å². The minimum absolute atomic E-state index is 0.210. The highest BCUT2D eigenvalue weighted by atomic mass is 32.2. The third-order valence-electron chi connectivity index (χ3n) is 3.98. The number of methoxy groups -OCH3 is 1. The first-order valence-corrected chi connectivity index (χ1v) is 9.74. The van der Waals surface area contributed by atoms with Crippen LogP contribution in [0.15, 0.2) is 70.2 Å². The average Bonchev–Trinajstić information content (AvgIpc) is 3.12. The molecule has 3 aromatic heterocycles. The van der Waals surface area contributed by atoms with Gasteiger partial charge in [0.1, 0.15) is 5.75 Å². The van der Waals surface area contributed by atoms with Crippen molar-refractivity contribution in [2.24, 2.45) is 0 Å². The van der Waals surface area contributed by atoms with E-state index in [1.807, 2.05) is 0 Å². The number of ether oxygens (including phenoxy) is 1. The summed E-state index contributed by atoms with van der Waals surface area (Å²) in [5, 5.41) is 0. The summed E-state index contributed by atoms with van der Waals surface area (Å²) in [7, 11) is -2.01. The first-order valence-electron chi connectivity index (χ1n) is 8.09. The van der Waals surface area contributed by atoms with E-state index < -0.39 is 9.84 Å². The van der Waals surface area contributed by atoms with Crippen molar-refractivity contribution in [1.82, 2.24) is 15.0 Å². The molecule has 0 amide bonds. The van der Waals surface area contributed by atoms with Crippen molar-refractivity contribution < 1.29 is 17.6 Å². The van der Waals surface area contributed by atoms with E-state index in [1.165, 1.54) is 25.4 Å². The highest BCUT2D eigenvalue weighted by Gasteiger charge is 2.18. The third kappa shape index (κ3) is 3.52. The summed E-state index contributed by atoms with van der Waals surface area (Å²) in [6.45, 7) is 0. The van der Waals surface area contributed by atoms with Gasteiger partial charge in [0.15, 0.2) is 21.1 Å². The first-order chi connectivity index (χ1) is 13.0. The summed E-state index contributed by atoms with van der Waals surface area (Å²) in [5.74, 6) is 0.735. The minimum Gasteiger partial charge on any atom is -0.497 e. The van der Waals surface area contributed by atoms with Crippen LogP contribution in [-0.4, -0.2) is 30.5 Å². The molecule has 0 unspecified atom stereocenters. The number of benzene rings is 1. The van der Waals surface area contributed by atoms with Gasteiger partial charge in [0, 0.05) is 18.0 Å². The summed E-state index contributed by atoms with van der Waals surface area (Å²) in [6.07, 6.45) is 3.17. The zero-order valence-corrected chi connectivity index (χ0v) is 15.2. The molecule has 136 valence electrons. The van der Waals surface area contributed by atoms with Gasteiger partial charge in [-0.05, 0) is 48.5 Å². The lowest BCUT2D eigenvalue weighted by molar-refractivity contribution is 0.414. The minimum atomic E-state index is -3.54. The first kappa shape index (κ1) is 17.2. The second kappa shape index (κ2) is 6.81. The zero-order valence-electron chi connectivity index (χ0n) is 14.4. The molecule has 7 nitrogen and oxygen atoms in total. The fourth-order valence-electron chi connectivity index (χ4n) is 2.64. The van der Waals surface area contributed by atoms with Crippen LogP contribution in [0.1, 0.15) is 5.69 Å². The van der Waals surface area contributed by atoms with Gasteiger partial charge in [0.25, 0.3) is 0 Å². The number of sulfone groups is 1. The summed E-state index contributed by atoms with van der Waals surface area (Å²) >= 11 is 0. The van der Waals surface area contributed by atoms with E-state index in [0.29, 0.717) is 34.1 Å². The number of fused-ring (bicyclic) bond motifs is 1. The zero-order chi connectivity index (χ0) is 18.9. The summed E-state index contributed by atoms with van der Waals surface area (Å²) < 4.78 is 36.1. The third-order valence-corrected chi connectivity index (χ3v) is 5.65. The molecule has 3 heterocycles. The fraction of sp³-hybridized carbons (Fsp3) is 0.105. The molecule has 0 bridgehead atoms. The van der Waals surface area contributed by atoms with Gasteiger partial charge < -0.3 is 9.15 Å². The number of pyridine rings is 2.